The second-order valence-electron chi connectivity index (χ2n) is 13.1. The molecule has 52 heavy (non-hydrogen) atoms. The molecule has 0 aliphatic carbocycles. The molecule has 2 aromatic heterocycles. The van der Waals surface area contributed by atoms with Gasteiger partial charge in [0.2, 0.25) is 0 Å². The number of piperidine rings is 1. The molecule has 14 nitrogen and oxygen atoms in total. The average molecular weight is 878 g/mol. The number of aliphatic hydroxyl groups is 1. The number of ether oxygens (including phenoxy) is 5. The van der Waals surface area contributed by atoms with Gasteiger partial charge in [-0.05, 0) is 62.9 Å². The molecule has 1 aromatic carbocycles. The first-order chi connectivity index (χ1) is 25.0. The van der Waals surface area contributed by atoms with Gasteiger partial charge in [0.05, 0.1) is 97.9 Å². The lowest BCUT2D eigenvalue weighted by molar-refractivity contribution is 0.00497. The minimum atomic E-state index is -3.38. The highest BCUT2D eigenvalue weighted by molar-refractivity contribution is 14.1. The number of alkyl halides is 1. The summed E-state index contributed by atoms with van der Waals surface area (Å²) in [6.07, 6.45) is 3.52. The van der Waals surface area contributed by atoms with Gasteiger partial charge in [-0.1, -0.05) is 34.2 Å². The maximum atomic E-state index is 12.9. The highest BCUT2D eigenvalue weighted by Gasteiger charge is 2.52. The molecule has 1 spiro atoms. The van der Waals surface area contributed by atoms with E-state index in [0.717, 1.165) is 16.8 Å². The second kappa shape index (κ2) is 19.3. The molecule has 2 aliphatic rings. The lowest BCUT2D eigenvalue weighted by Crippen LogP contribution is -2.52. The summed E-state index contributed by atoms with van der Waals surface area (Å²) in [6.45, 7) is 7.90. The zero-order chi connectivity index (χ0) is 37.1. The number of benzene rings is 1. The van der Waals surface area contributed by atoms with Crippen LogP contribution in [0.15, 0.2) is 36.7 Å². The molecule has 2 aliphatic heterocycles. The predicted octanol–water partition coefficient (Wildman–Crippen LogP) is 4.57. The summed E-state index contributed by atoms with van der Waals surface area (Å²) < 4.78 is 55.5. The number of carbonyl (C=O) groups excluding carboxylic acids is 1. The summed E-state index contributed by atoms with van der Waals surface area (Å²) >= 11 is 8.47. The number of pyridine rings is 1. The van der Waals surface area contributed by atoms with Crippen LogP contribution in [-0.4, -0.2) is 127 Å². The number of anilines is 1. The fraction of sp³-hybridized carbons (Fsp3) is 0.629. The number of nitrogens with zero attached hydrogens (tertiary/aromatic N) is 5. The van der Waals surface area contributed by atoms with Gasteiger partial charge in [-0.3, -0.25) is 4.98 Å². The van der Waals surface area contributed by atoms with E-state index in [1.807, 2.05) is 35.4 Å². The fourth-order valence-electron chi connectivity index (χ4n) is 6.79. The minimum Gasteiger partial charge on any atom is -0.447 e. The number of aryl methyl sites for hydroxylation is 1. The lowest BCUT2D eigenvalue weighted by Gasteiger charge is -2.42. The molecule has 1 atom stereocenters. The van der Waals surface area contributed by atoms with E-state index in [1.165, 1.54) is 0 Å². The second-order valence-corrected chi connectivity index (χ2v) is 16.5. The van der Waals surface area contributed by atoms with Crippen LogP contribution in [0.25, 0.3) is 11.0 Å². The van der Waals surface area contributed by atoms with Crippen LogP contribution in [0.1, 0.15) is 44.5 Å². The van der Waals surface area contributed by atoms with Crippen LogP contribution >= 0.6 is 34.2 Å². The van der Waals surface area contributed by atoms with E-state index in [1.54, 1.807) is 29.4 Å². The Morgan fingerprint density at radius 3 is 2.37 bits per heavy atom. The van der Waals surface area contributed by atoms with E-state index in [2.05, 4.69) is 27.6 Å². The molecule has 1 fully saturated rings. The molecule has 288 valence electrons. The molecule has 0 bridgehead atoms. The van der Waals surface area contributed by atoms with Crippen LogP contribution in [0, 0.1) is 0 Å². The first kappa shape index (κ1) is 40.9. The lowest BCUT2D eigenvalue weighted by atomic mass is 9.73. The fourth-order valence-corrected chi connectivity index (χ4v) is 8.41. The van der Waals surface area contributed by atoms with Gasteiger partial charge in [-0.25, -0.2) is 18.2 Å². The van der Waals surface area contributed by atoms with Crippen LogP contribution in [0.2, 0.25) is 5.02 Å². The smallest absolute Gasteiger partial charge is 0.410 e. The van der Waals surface area contributed by atoms with Crippen molar-refractivity contribution in [3.63, 3.8) is 0 Å². The molecule has 3 aromatic rings. The molecule has 17 heteroatoms. The number of amides is 1. The summed E-state index contributed by atoms with van der Waals surface area (Å²) in [5.74, 6) is 0.565. The number of rotatable bonds is 20. The highest BCUT2D eigenvalue weighted by atomic mass is 127. The molecule has 5 rings (SSSR count). The van der Waals surface area contributed by atoms with Crippen LogP contribution in [-0.2, 0) is 52.0 Å². The summed E-state index contributed by atoms with van der Waals surface area (Å²) in [6, 6.07) is 7.41. The molecule has 0 saturated carbocycles. The highest BCUT2D eigenvalue weighted by Crippen LogP contribution is 2.50. The van der Waals surface area contributed by atoms with Gasteiger partial charge in [-0.2, -0.15) is 0 Å². The number of carbonyl (C=O) groups is 1. The van der Waals surface area contributed by atoms with Crippen molar-refractivity contribution in [2.24, 2.45) is 0 Å². The van der Waals surface area contributed by atoms with Crippen molar-refractivity contribution in [2.75, 3.05) is 80.4 Å². The van der Waals surface area contributed by atoms with Gasteiger partial charge in [0, 0.05) is 36.3 Å². The van der Waals surface area contributed by atoms with Gasteiger partial charge in [-0.15, -0.1) is 0 Å². The third kappa shape index (κ3) is 10.5. The van der Waals surface area contributed by atoms with Crippen molar-refractivity contribution in [3.05, 3.63) is 53.1 Å². The third-order valence-corrected chi connectivity index (χ3v) is 11.7. The Balaban J connectivity index is 1.18. The third-order valence-electron chi connectivity index (χ3n) is 9.36. The molecule has 0 radical (unpaired) electrons. The van der Waals surface area contributed by atoms with E-state index in [4.69, 9.17) is 40.3 Å². The maximum Gasteiger partial charge on any atom is 0.410 e. The van der Waals surface area contributed by atoms with E-state index in [9.17, 15) is 18.3 Å². The zero-order valence-electron chi connectivity index (χ0n) is 29.8. The average Bonchev–Trinajstić information content (AvgIpc) is 3.56. The van der Waals surface area contributed by atoms with Gasteiger partial charge in [0.15, 0.2) is 9.84 Å². The summed E-state index contributed by atoms with van der Waals surface area (Å²) in [5.41, 5.74) is 2.70. The summed E-state index contributed by atoms with van der Waals surface area (Å²) in [5, 5.41) is 12.6. The van der Waals surface area contributed by atoms with Gasteiger partial charge in [0.1, 0.15) is 12.1 Å². The summed E-state index contributed by atoms with van der Waals surface area (Å²) in [4.78, 5) is 25.5. The van der Waals surface area contributed by atoms with Crippen LogP contribution in [0.3, 0.4) is 0 Å². The number of sulfone groups is 1. The van der Waals surface area contributed by atoms with Crippen LogP contribution in [0.4, 0.5) is 10.5 Å². The Kier molecular flexibility index (Phi) is 15.2. The van der Waals surface area contributed by atoms with Crippen LogP contribution < -0.4 is 4.90 Å². The largest absolute Gasteiger partial charge is 0.447 e. The van der Waals surface area contributed by atoms with Crippen molar-refractivity contribution in [1.29, 1.82) is 0 Å². The Bertz CT molecular complexity index is 1720. The van der Waals surface area contributed by atoms with Gasteiger partial charge in [0.25, 0.3) is 0 Å². The minimum absolute atomic E-state index is 0.0177. The van der Waals surface area contributed by atoms with E-state index < -0.39 is 21.5 Å². The van der Waals surface area contributed by atoms with Gasteiger partial charge < -0.3 is 43.2 Å². The Morgan fingerprint density at radius 2 is 1.69 bits per heavy atom. The number of aliphatic hydroxyl groups excluding tert-OH is 1. The van der Waals surface area contributed by atoms with Gasteiger partial charge >= 0.3 is 6.09 Å². The number of hydrogen-bond donors (Lipinski definition) is 1. The molecule has 4 heterocycles. The Labute approximate surface area is 324 Å². The first-order valence-corrected chi connectivity index (χ1v) is 21.3. The quantitative estimate of drug-likeness (QED) is 0.0962. The first-order valence-electron chi connectivity index (χ1n) is 17.6. The Hall–Kier alpha value is -2.32. The van der Waals surface area contributed by atoms with Crippen molar-refractivity contribution in [1.82, 2.24) is 19.4 Å². The molecular weight excluding hydrogens is 829 g/mol. The van der Waals surface area contributed by atoms with Crippen molar-refractivity contribution < 1.29 is 42.0 Å². The molecule has 1 N–H and O–H groups in total. The molecular formula is C35H49ClIN5O9S. The SMILES string of the molecule is CC(C)OC(=O)N1CCC2(CC1)c1ccncc1N(Cc1nc3cc(Cl)ccc3n1CCCS(=O)(=O)CCOCCOCCOCCOCI)C2O. The predicted molar refractivity (Wildman–Crippen MR) is 206 cm³/mol. The molecule has 1 amide bonds. The number of hydrogen-bond acceptors (Lipinski definition) is 12. The van der Waals surface area contributed by atoms with E-state index in [-0.39, 0.29) is 36.9 Å². The number of likely N-dealkylation sites (tertiary alicyclic amines) is 1. The van der Waals surface area contributed by atoms with E-state index >= 15 is 0 Å². The van der Waals surface area contributed by atoms with Crippen molar-refractivity contribution in [3.8, 4) is 0 Å². The normalized spacial score (nSPS) is 17.1. The maximum absolute atomic E-state index is 12.9. The molecule has 1 unspecified atom stereocenters. The number of halogens is 2. The van der Waals surface area contributed by atoms with Crippen LogP contribution in [0.5, 0.6) is 0 Å². The Morgan fingerprint density at radius 1 is 1.02 bits per heavy atom. The summed E-state index contributed by atoms with van der Waals surface area (Å²) in [7, 11) is -3.38. The topological polar surface area (TPSA) is 155 Å². The standard InChI is InChI=1S/C35H49ClIN5O9S/c1-26(2)51-34(44)40-11-7-35(8-12-40)28-6-9-38-23-31(28)42(33(35)43)24-32-39-29-22-27(36)4-5-30(29)41(32)10-3-20-52(45,46)21-19-49-16-15-47-13-14-48-17-18-50-25-37/h4-6,9,22-23,26,33,43H,3,7-8,10-21,24-25H2,1-2H3. The number of fused-ring (bicyclic) bond motifs is 3. The molecule has 1 saturated heterocycles. The van der Waals surface area contributed by atoms with Crippen molar-refractivity contribution >= 4 is 66.8 Å². The number of imidazole rings is 1. The monoisotopic (exact) mass is 877 g/mol. The van der Waals surface area contributed by atoms with E-state index in [0.29, 0.717) is 99.5 Å². The van der Waals surface area contributed by atoms with Crippen molar-refractivity contribution in [2.45, 2.75) is 63.9 Å². The zero-order valence-corrected chi connectivity index (χ0v) is 33.5. The number of aromatic nitrogens is 3.